The largest absolute Gasteiger partial charge is 0.370 e. The molecule has 0 aliphatic heterocycles. The molecule has 1 aromatic rings. The van der Waals surface area contributed by atoms with E-state index in [2.05, 4.69) is 10.3 Å². The van der Waals surface area contributed by atoms with Crippen LogP contribution in [0.2, 0.25) is 0 Å². The number of hydrogen-bond acceptors (Lipinski definition) is 1. The summed E-state index contributed by atoms with van der Waals surface area (Å²) in [5, 5.41) is 2.92. The molecule has 0 heterocycles. The zero-order valence-electron chi connectivity index (χ0n) is 8.59. The molecule has 1 aromatic carbocycles. The first-order chi connectivity index (χ1) is 6.99. The molecule has 0 aliphatic carbocycles. The third-order valence-electron chi connectivity index (χ3n) is 1.59. The molecule has 0 fully saturated rings. The van der Waals surface area contributed by atoms with Gasteiger partial charge in [-0.25, -0.2) is 4.39 Å². The predicted octanol–water partition coefficient (Wildman–Crippen LogP) is 2.57. The van der Waals surface area contributed by atoms with E-state index < -0.39 is 0 Å². The number of hydrogen-bond donors (Lipinski definition) is 2. The van der Waals surface area contributed by atoms with E-state index in [0.717, 1.165) is 9.26 Å². The summed E-state index contributed by atoms with van der Waals surface area (Å²) < 4.78 is 13.6. The van der Waals surface area contributed by atoms with Gasteiger partial charge in [-0.3, -0.25) is 4.99 Å². The number of benzene rings is 1. The fraction of sp³-hybridized carbons (Fsp3) is 0.300. The van der Waals surface area contributed by atoms with Gasteiger partial charge in [0.05, 0.1) is 5.69 Å². The van der Waals surface area contributed by atoms with E-state index in [0.29, 0.717) is 5.96 Å². The van der Waals surface area contributed by atoms with Gasteiger partial charge in [-0.15, -0.1) is 0 Å². The molecule has 0 aromatic heterocycles. The Labute approximate surface area is 102 Å². The number of halogens is 2. The quantitative estimate of drug-likeness (QED) is 0.500. The average Bonchev–Trinajstić information content (AvgIpc) is 2.08. The summed E-state index contributed by atoms with van der Waals surface area (Å²) in [5.74, 6) is 0.0823. The SMILES string of the molecule is CC(C)N=C(N)Nc1ccc(F)cc1I. The van der Waals surface area contributed by atoms with Crippen LogP contribution in [0, 0.1) is 9.39 Å². The number of anilines is 1. The smallest absolute Gasteiger partial charge is 0.193 e. The Kier molecular flexibility index (Phi) is 4.31. The van der Waals surface area contributed by atoms with Crippen LogP contribution in [-0.2, 0) is 0 Å². The van der Waals surface area contributed by atoms with Gasteiger partial charge in [-0.05, 0) is 54.6 Å². The van der Waals surface area contributed by atoms with Crippen molar-refractivity contribution in [1.29, 1.82) is 0 Å². The summed E-state index contributed by atoms with van der Waals surface area (Å²) >= 11 is 2.04. The second kappa shape index (κ2) is 5.29. The van der Waals surface area contributed by atoms with Crippen molar-refractivity contribution in [2.45, 2.75) is 19.9 Å². The van der Waals surface area contributed by atoms with E-state index >= 15 is 0 Å². The third kappa shape index (κ3) is 4.03. The van der Waals surface area contributed by atoms with Gasteiger partial charge in [0.25, 0.3) is 0 Å². The molecule has 0 bridgehead atoms. The molecule has 15 heavy (non-hydrogen) atoms. The summed E-state index contributed by atoms with van der Waals surface area (Å²) in [7, 11) is 0. The number of aliphatic imine (C=N–C) groups is 1. The first kappa shape index (κ1) is 12.2. The second-order valence-corrected chi connectivity index (χ2v) is 4.52. The molecule has 0 saturated heterocycles. The van der Waals surface area contributed by atoms with E-state index in [1.54, 1.807) is 6.07 Å². The van der Waals surface area contributed by atoms with E-state index in [-0.39, 0.29) is 11.9 Å². The molecule has 0 saturated carbocycles. The van der Waals surface area contributed by atoms with Gasteiger partial charge < -0.3 is 11.1 Å². The molecule has 0 amide bonds. The minimum Gasteiger partial charge on any atom is -0.370 e. The maximum atomic E-state index is 12.8. The molecule has 5 heteroatoms. The van der Waals surface area contributed by atoms with Gasteiger partial charge in [0.1, 0.15) is 5.82 Å². The Hall–Kier alpha value is -0.850. The van der Waals surface area contributed by atoms with Crippen LogP contribution < -0.4 is 11.1 Å². The molecule has 82 valence electrons. The molecule has 3 N–H and O–H groups in total. The van der Waals surface area contributed by atoms with E-state index in [1.807, 2.05) is 36.4 Å². The summed E-state index contributed by atoms with van der Waals surface area (Å²) in [5.41, 5.74) is 6.42. The number of nitrogens with one attached hydrogen (secondary N) is 1. The number of guanidine groups is 1. The highest BCUT2D eigenvalue weighted by Crippen LogP contribution is 2.18. The van der Waals surface area contributed by atoms with Crippen molar-refractivity contribution in [2.24, 2.45) is 10.7 Å². The normalized spacial score (nSPS) is 11.9. The van der Waals surface area contributed by atoms with Crippen LogP contribution in [0.4, 0.5) is 10.1 Å². The van der Waals surface area contributed by atoms with Gasteiger partial charge >= 0.3 is 0 Å². The molecule has 0 aliphatic rings. The van der Waals surface area contributed by atoms with Crippen LogP contribution in [0.15, 0.2) is 23.2 Å². The molecule has 0 atom stereocenters. The lowest BCUT2D eigenvalue weighted by Crippen LogP contribution is -2.24. The van der Waals surface area contributed by atoms with Gasteiger partial charge in [0.2, 0.25) is 0 Å². The Balaban J connectivity index is 2.81. The van der Waals surface area contributed by atoms with Crippen LogP contribution in [0.5, 0.6) is 0 Å². The van der Waals surface area contributed by atoms with Crippen molar-refractivity contribution in [3.05, 3.63) is 27.6 Å². The molecular weight excluding hydrogens is 308 g/mol. The second-order valence-electron chi connectivity index (χ2n) is 3.36. The first-order valence-electron chi connectivity index (χ1n) is 4.54. The van der Waals surface area contributed by atoms with Crippen molar-refractivity contribution in [1.82, 2.24) is 0 Å². The zero-order valence-corrected chi connectivity index (χ0v) is 10.7. The molecular formula is C10H13FIN3. The van der Waals surface area contributed by atoms with Crippen LogP contribution in [-0.4, -0.2) is 12.0 Å². The lowest BCUT2D eigenvalue weighted by Gasteiger charge is -2.08. The van der Waals surface area contributed by atoms with Gasteiger partial charge in [0, 0.05) is 9.61 Å². The minimum atomic E-state index is -0.260. The summed E-state index contributed by atoms with van der Waals surface area (Å²) in [4.78, 5) is 4.12. The highest BCUT2D eigenvalue weighted by atomic mass is 127. The maximum Gasteiger partial charge on any atom is 0.193 e. The highest BCUT2D eigenvalue weighted by molar-refractivity contribution is 14.1. The minimum absolute atomic E-state index is 0.135. The number of rotatable bonds is 2. The van der Waals surface area contributed by atoms with Crippen LogP contribution in [0.1, 0.15) is 13.8 Å². The molecule has 0 spiro atoms. The van der Waals surface area contributed by atoms with Gasteiger partial charge in [-0.1, -0.05) is 0 Å². The van der Waals surface area contributed by atoms with Crippen molar-refractivity contribution in [3.63, 3.8) is 0 Å². The van der Waals surface area contributed by atoms with Crippen molar-refractivity contribution in [2.75, 3.05) is 5.32 Å². The molecule has 3 nitrogen and oxygen atoms in total. The molecule has 0 radical (unpaired) electrons. The Morgan fingerprint density at radius 1 is 1.53 bits per heavy atom. The monoisotopic (exact) mass is 321 g/mol. The van der Waals surface area contributed by atoms with Crippen molar-refractivity contribution in [3.8, 4) is 0 Å². The van der Waals surface area contributed by atoms with Gasteiger partial charge in [0.15, 0.2) is 5.96 Å². The molecule has 1 rings (SSSR count). The average molecular weight is 321 g/mol. The maximum absolute atomic E-state index is 12.8. The Bertz CT molecular complexity index is 377. The van der Waals surface area contributed by atoms with E-state index in [4.69, 9.17) is 5.73 Å². The summed E-state index contributed by atoms with van der Waals surface area (Å²) in [6, 6.07) is 4.59. The fourth-order valence-electron chi connectivity index (χ4n) is 1.04. The predicted molar refractivity (Wildman–Crippen MR) is 69.5 cm³/mol. The van der Waals surface area contributed by atoms with Crippen LogP contribution in [0.25, 0.3) is 0 Å². The zero-order chi connectivity index (χ0) is 11.4. The fourth-order valence-corrected chi connectivity index (χ4v) is 1.65. The van der Waals surface area contributed by atoms with Crippen LogP contribution in [0.3, 0.4) is 0 Å². The van der Waals surface area contributed by atoms with E-state index in [9.17, 15) is 4.39 Å². The first-order valence-corrected chi connectivity index (χ1v) is 5.62. The van der Waals surface area contributed by atoms with Crippen molar-refractivity contribution < 1.29 is 4.39 Å². The Morgan fingerprint density at radius 3 is 2.73 bits per heavy atom. The standard InChI is InChI=1S/C10H13FIN3/c1-6(2)14-10(13)15-9-4-3-7(11)5-8(9)12/h3-6H,1-2H3,(H3,13,14,15). The molecule has 0 unspecified atom stereocenters. The Morgan fingerprint density at radius 2 is 2.20 bits per heavy atom. The summed E-state index contributed by atoms with van der Waals surface area (Å²) in [6.07, 6.45) is 0. The van der Waals surface area contributed by atoms with Crippen molar-refractivity contribution >= 4 is 34.2 Å². The topological polar surface area (TPSA) is 50.4 Å². The van der Waals surface area contributed by atoms with Gasteiger partial charge in [-0.2, -0.15) is 0 Å². The van der Waals surface area contributed by atoms with Crippen LogP contribution >= 0.6 is 22.6 Å². The number of nitrogens with zero attached hydrogens (tertiary/aromatic N) is 1. The number of nitrogens with two attached hydrogens (primary N) is 1. The highest BCUT2D eigenvalue weighted by Gasteiger charge is 2.02. The summed E-state index contributed by atoms with van der Waals surface area (Å²) in [6.45, 7) is 3.87. The lowest BCUT2D eigenvalue weighted by molar-refractivity contribution is 0.627. The van der Waals surface area contributed by atoms with E-state index in [1.165, 1.54) is 12.1 Å². The lowest BCUT2D eigenvalue weighted by atomic mass is 10.3. The third-order valence-corrected chi connectivity index (χ3v) is 2.48.